The van der Waals surface area contributed by atoms with Gasteiger partial charge in [-0.2, -0.15) is 13.2 Å². The first-order valence-electron chi connectivity index (χ1n) is 7.52. The average molecular weight is 292 g/mol. The fourth-order valence-electron chi connectivity index (χ4n) is 3.34. The number of nitrogens with zero attached hydrogens (tertiary/aromatic N) is 1. The lowest BCUT2D eigenvalue weighted by Crippen LogP contribution is -2.52. The van der Waals surface area contributed by atoms with Crippen LogP contribution in [0.15, 0.2) is 0 Å². The van der Waals surface area contributed by atoms with Crippen LogP contribution in [0.4, 0.5) is 13.2 Å². The van der Waals surface area contributed by atoms with Crippen molar-refractivity contribution in [3.8, 4) is 0 Å². The molecule has 2 aliphatic carbocycles. The lowest BCUT2D eigenvalue weighted by molar-refractivity contribution is -0.201. The van der Waals surface area contributed by atoms with Gasteiger partial charge in [-0.05, 0) is 32.1 Å². The van der Waals surface area contributed by atoms with Gasteiger partial charge < -0.3 is 10.6 Å². The van der Waals surface area contributed by atoms with Gasteiger partial charge in [-0.3, -0.25) is 4.79 Å². The Balaban J connectivity index is 2.10. The summed E-state index contributed by atoms with van der Waals surface area (Å²) in [5.41, 5.74) is 5.52. The maximum Gasteiger partial charge on any atom is 0.392 e. The van der Waals surface area contributed by atoms with Crippen LogP contribution in [0, 0.1) is 11.8 Å². The molecule has 2 rings (SSSR count). The molecule has 1 amide bonds. The number of halogens is 3. The maximum atomic E-state index is 13.1. The number of hydrogen-bond donors (Lipinski definition) is 1. The van der Waals surface area contributed by atoms with Crippen molar-refractivity contribution in [3.63, 3.8) is 0 Å². The molecule has 0 radical (unpaired) electrons. The monoisotopic (exact) mass is 292 g/mol. The summed E-state index contributed by atoms with van der Waals surface area (Å²) in [6.07, 6.45) is 0.293. The van der Waals surface area contributed by atoms with Crippen LogP contribution < -0.4 is 5.73 Å². The highest BCUT2D eigenvalue weighted by molar-refractivity contribution is 5.79. The van der Waals surface area contributed by atoms with Crippen LogP contribution >= 0.6 is 0 Å². The first-order chi connectivity index (χ1) is 9.45. The molecule has 2 N–H and O–H groups in total. The van der Waals surface area contributed by atoms with E-state index in [9.17, 15) is 18.0 Å². The third-order valence-electron chi connectivity index (χ3n) is 4.67. The summed E-state index contributed by atoms with van der Waals surface area (Å²) in [5, 5.41) is 0. The summed E-state index contributed by atoms with van der Waals surface area (Å²) in [4.78, 5) is 14.2. The van der Waals surface area contributed by atoms with Gasteiger partial charge in [0.2, 0.25) is 5.91 Å². The molecule has 116 valence electrons. The van der Waals surface area contributed by atoms with Crippen LogP contribution in [0.3, 0.4) is 0 Å². The van der Waals surface area contributed by atoms with Crippen LogP contribution in [0.25, 0.3) is 0 Å². The van der Waals surface area contributed by atoms with E-state index in [0.717, 1.165) is 19.3 Å². The summed E-state index contributed by atoms with van der Waals surface area (Å²) in [5.74, 6) is -2.68. The zero-order chi connectivity index (χ0) is 14.8. The Labute approximate surface area is 117 Å². The molecule has 0 spiro atoms. The van der Waals surface area contributed by atoms with Gasteiger partial charge in [0.15, 0.2) is 0 Å². The highest BCUT2D eigenvalue weighted by atomic mass is 19.4. The van der Waals surface area contributed by atoms with Gasteiger partial charge in [-0.1, -0.05) is 12.8 Å². The first kappa shape index (κ1) is 15.6. The van der Waals surface area contributed by atoms with Crippen LogP contribution in [0.5, 0.6) is 0 Å². The molecule has 2 atom stereocenters. The fraction of sp³-hybridized carbons (Fsp3) is 0.929. The Morgan fingerprint density at radius 2 is 1.75 bits per heavy atom. The second-order valence-electron chi connectivity index (χ2n) is 5.94. The van der Waals surface area contributed by atoms with Crippen molar-refractivity contribution in [3.05, 3.63) is 0 Å². The molecule has 0 saturated heterocycles. The van der Waals surface area contributed by atoms with Gasteiger partial charge in [-0.25, -0.2) is 0 Å². The molecule has 0 aliphatic heterocycles. The topological polar surface area (TPSA) is 46.3 Å². The van der Waals surface area contributed by atoms with Gasteiger partial charge >= 0.3 is 6.18 Å². The molecule has 20 heavy (non-hydrogen) atoms. The molecular weight excluding hydrogens is 269 g/mol. The summed E-state index contributed by atoms with van der Waals surface area (Å²) < 4.78 is 39.3. The zero-order valence-electron chi connectivity index (χ0n) is 11.7. The second-order valence-corrected chi connectivity index (χ2v) is 5.94. The van der Waals surface area contributed by atoms with E-state index in [0.29, 0.717) is 32.4 Å². The van der Waals surface area contributed by atoms with E-state index in [2.05, 4.69) is 0 Å². The molecule has 0 aromatic carbocycles. The third kappa shape index (κ3) is 3.27. The normalized spacial score (nSPS) is 28.0. The minimum atomic E-state index is -4.27. The molecular formula is C14H23F3N2O. The van der Waals surface area contributed by atoms with Gasteiger partial charge in [0.1, 0.15) is 0 Å². The van der Waals surface area contributed by atoms with E-state index in [1.165, 1.54) is 0 Å². The van der Waals surface area contributed by atoms with Crippen LogP contribution in [0.2, 0.25) is 0 Å². The van der Waals surface area contributed by atoms with Crippen molar-refractivity contribution >= 4 is 5.91 Å². The Morgan fingerprint density at radius 1 is 1.10 bits per heavy atom. The van der Waals surface area contributed by atoms with Crippen molar-refractivity contribution in [2.24, 2.45) is 17.6 Å². The number of nitrogens with two attached hydrogens (primary N) is 1. The molecule has 2 saturated carbocycles. The standard InChI is InChI=1S/C14H23F3N2O/c15-14(16,17)12-7-2-1-6-11(12)13(20)19(9-8-18)10-4-3-5-10/h10-12H,1-9,18H2. The van der Waals surface area contributed by atoms with E-state index in [1.54, 1.807) is 4.90 Å². The van der Waals surface area contributed by atoms with Crippen molar-refractivity contribution < 1.29 is 18.0 Å². The van der Waals surface area contributed by atoms with Gasteiger partial charge in [0.25, 0.3) is 0 Å². The highest BCUT2D eigenvalue weighted by Crippen LogP contribution is 2.43. The predicted octanol–water partition coefficient (Wildman–Crippen LogP) is 2.69. The summed E-state index contributed by atoms with van der Waals surface area (Å²) in [6, 6.07) is 0.113. The van der Waals surface area contributed by atoms with Gasteiger partial charge in [-0.15, -0.1) is 0 Å². The Morgan fingerprint density at radius 3 is 2.25 bits per heavy atom. The van der Waals surface area contributed by atoms with Gasteiger partial charge in [0, 0.05) is 25.0 Å². The number of alkyl halides is 3. The largest absolute Gasteiger partial charge is 0.392 e. The molecule has 0 aromatic rings. The predicted molar refractivity (Wildman–Crippen MR) is 69.9 cm³/mol. The smallest absolute Gasteiger partial charge is 0.338 e. The second kappa shape index (κ2) is 6.33. The summed E-state index contributed by atoms with van der Waals surface area (Å²) in [6.45, 7) is 0.691. The number of carbonyl (C=O) groups is 1. The number of amides is 1. The van der Waals surface area contributed by atoms with Gasteiger partial charge in [0.05, 0.1) is 5.92 Å². The van der Waals surface area contributed by atoms with E-state index < -0.39 is 18.0 Å². The molecule has 2 unspecified atom stereocenters. The van der Waals surface area contributed by atoms with Crippen molar-refractivity contribution in [2.45, 2.75) is 57.2 Å². The van der Waals surface area contributed by atoms with Crippen molar-refractivity contribution in [1.29, 1.82) is 0 Å². The minimum Gasteiger partial charge on any atom is -0.338 e. The molecule has 0 aromatic heterocycles. The molecule has 3 nitrogen and oxygen atoms in total. The quantitative estimate of drug-likeness (QED) is 0.866. The molecule has 0 heterocycles. The third-order valence-corrected chi connectivity index (χ3v) is 4.67. The Hall–Kier alpha value is -0.780. The van der Waals surface area contributed by atoms with E-state index >= 15 is 0 Å². The Kier molecular flexibility index (Phi) is 4.94. The van der Waals surface area contributed by atoms with Crippen LogP contribution in [-0.2, 0) is 4.79 Å². The van der Waals surface area contributed by atoms with E-state index in [1.807, 2.05) is 0 Å². The van der Waals surface area contributed by atoms with Crippen LogP contribution in [-0.4, -0.2) is 36.1 Å². The molecule has 2 fully saturated rings. The number of carbonyl (C=O) groups excluding carboxylic acids is 1. The summed E-state index contributed by atoms with van der Waals surface area (Å²) in [7, 11) is 0. The lowest BCUT2D eigenvalue weighted by Gasteiger charge is -2.42. The fourth-order valence-corrected chi connectivity index (χ4v) is 3.34. The number of rotatable bonds is 4. The average Bonchev–Trinajstić information content (AvgIpc) is 2.34. The van der Waals surface area contributed by atoms with Crippen LogP contribution in [0.1, 0.15) is 44.9 Å². The summed E-state index contributed by atoms with van der Waals surface area (Å²) >= 11 is 0. The maximum absolute atomic E-state index is 13.1. The molecule has 2 aliphatic rings. The van der Waals surface area contributed by atoms with E-state index in [-0.39, 0.29) is 18.4 Å². The molecule has 0 bridgehead atoms. The minimum absolute atomic E-state index is 0.0844. The van der Waals surface area contributed by atoms with E-state index in [4.69, 9.17) is 5.73 Å². The zero-order valence-corrected chi connectivity index (χ0v) is 11.7. The SMILES string of the molecule is NCCN(C(=O)C1CCCCC1C(F)(F)F)C1CCC1. The highest BCUT2D eigenvalue weighted by Gasteiger charge is 2.49. The lowest BCUT2D eigenvalue weighted by atomic mass is 9.77. The Bertz CT molecular complexity index is 342. The number of hydrogen-bond acceptors (Lipinski definition) is 2. The van der Waals surface area contributed by atoms with Crippen molar-refractivity contribution in [1.82, 2.24) is 4.90 Å². The van der Waals surface area contributed by atoms with Crippen molar-refractivity contribution in [2.75, 3.05) is 13.1 Å². The first-order valence-corrected chi connectivity index (χ1v) is 7.52. The molecule has 6 heteroatoms.